The molecular formula is C19H32ClIN4O2. The van der Waals surface area contributed by atoms with Gasteiger partial charge < -0.3 is 20.1 Å². The van der Waals surface area contributed by atoms with E-state index in [4.69, 9.17) is 26.1 Å². The maximum Gasteiger partial charge on any atom is 0.213 e. The lowest BCUT2D eigenvalue weighted by molar-refractivity contribution is 0.141. The van der Waals surface area contributed by atoms with E-state index in [1.165, 1.54) is 25.7 Å². The number of aliphatic imine (C=N–C) groups is 1. The van der Waals surface area contributed by atoms with Crippen molar-refractivity contribution in [1.29, 1.82) is 0 Å². The predicted octanol–water partition coefficient (Wildman–Crippen LogP) is 3.88. The van der Waals surface area contributed by atoms with Crippen molar-refractivity contribution in [1.82, 2.24) is 15.6 Å². The number of hydrogen-bond acceptors (Lipinski definition) is 4. The van der Waals surface area contributed by atoms with Crippen LogP contribution in [0.5, 0.6) is 5.88 Å². The number of rotatable bonds is 10. The van der Waals surface area contributed by atoms with Gasteiger partial charge in [0, 0.05) is 39.1 Å². The van der Waals surface area contributed by atoms with Crippen molar-refractivity contribution >= 4 is 41.5 Å². The number of methoxy groups -OCH3 is 1. The molecule has 2 rings (SSSR count). The molecule has 1 saturated carbocycles. The second-order valence-electron chi connectivity index (χ2n) is 6.73. The Labute approximate surface area is 184 Å². The summed E-state index contributed by atoms with van der Waals surface area (Å²) in [6.07, 6.45) is 7.74. The summed E-state index contributed by atoms with van der Waals surface area (Å²) in [6, 6.07) is 3.53. The molecule has 1 aliphatic rings. The van der Waals surface area contributed by atoms with E-state index in [1.807, 2.05) is 0 Å². The number of hydrogen-bond donors (Lipinski definition) is 2. The molecule has 27 heavy (non-hydrogen) atoms. The van der Waals surface area contributed by atoms with Crippen molar-refractivity contribution in [3.05, 3.63) is 23.4 Å². The van der Waals surface area contributed by atoms with Gasteiger partial charge in [-0.3, -0.25) is 4.99 Å². The smallest absolute Gasteiger partial charge is 0.213 e. The van der Waals surface area contributed by atoms with Crippen LogP contribution in [0.2, 0.25) is 5.02 Å². The summed E-state index contributed by atoms with van der Waals surface area (Å²) in [5.41, 5.74) is 0.294. The van der Waals surface area contributed by atoms with Crippen LogP contribution in [0.4, 0.5) is 0 Å². The van der Waals surface area contributed by atoms with E-state index in [0.717, 1.165) is 32.1 Å². The lowest BCUT2D eigenvalue weighted by Crippen LogP contribution is -2.40. The fourth-order valence-electron chi connectivity index (χ4n) is 3.29. The Morgan fingerprint density at radius 1 is 1.26 bits per heavy atom. The highest BCUT2D eigenvalue weighted by molar-refractivity contribution is 14.0. The second-order valence-corrected chi connectivity index (χ2v) is 7.17. The molecular weight excluding hydrogens is 479 g/mol. The normalized spacial score (nSPS) is 15.9. The first kappa shape index (κ1) is 24.2. The molecule has 1 aromatic heterocycles. The Balaban J connectivity index is 0.00000364. The summed E-state index contributed by atoms with van der Waals surface area (Å²) >= 11 is 5.82. The van der Waals surface area contributed by atoms with Gasteiger partial charge in [0.15, 0.2) is 5.96 Å². The third kappa shape index (κ3) is 8.83. The second kappa shape index (κ2) is 13.4. The van der Waals surface area contributed by atoms with Crippen LogP contribution in [0.3, 0.4) is 0 Å². The zero-order valence-electron chi connectivity index (χ0n) is 16.3. The molecule has 6 nitrogen and oxygen atoms in total. The molecule has 0 unspecified atom stereocenters. The quantitative estimate of drug-likeness (QED) is 0.216. The Kier molecular flexibility index (Phi) is 12.0. The molecule has 0 aromatic carbocycles. The average Bonchev–Trinajstić information content (AvgIpc) is 3.12. The predicted molar refractivity (Wildman–Crippen MR) is 122 cm³/mol. The number of pyridine rings is 1. The molecule has 0 atom stereocenters. The summed E-state index contributed by atoms with van der Waals surface area (Å²) in [7, 11) is 1.77. The molecule has 1 fully saturated rings. The van der Waals surface area contributed by atoms with E-state index in [9.17, 15) is 0 Å². The van der Waals surface area contributed by atoms with Crippen molar-refractivity contribution in [2.75, 3.05) is 40.0 Å². The molecule has 1 aliphatic carbocycles. The summed E-state index contributed by atoms with van der Waals surface area (Å²) < 4.78 is 10.9. The lowest BCUT2D eigenvalue weighted by atomic mass is 9.83. The maximum absolute atomic E-state index is 5.82. The zero-order chi connectivity index (χ0) is 18.7. The lowest BCUT2D eigenvalue weighted by Gasteiger charge is -2.27. The molecule has 0 spiro atoms. The van der Waals surface area contributed by atoms with Gasteiger partial charge in [0.05, 0.1) is 11.6 Å². The summed E-state index contributed by atoms with van der Waals surface area (Å²) in [6.45, 7) is 5.71. The van der Waals surface area contributed by atoms with Crippen LogP contribution < -0.4 is 15.4 Å². The van der Waals surface area contributed by atoms with Gasteiger partial charge in [-0.05, 0) is 37.7 Å². The van der Waals surface area contributed by atoms with Gasteiger partial charge >= 0.3 is 0 Å². The summed E-state index contributed by atoms with van der Waals surface area (Å²) in [4.78, 5) is 8.94. The SMILES string of the molecule is CCNC(=NCC1(CCOC)CCCC1)NCCOc1ccc(Cl)cn1.I. The molecule has 1 heterocycles. The molecule has 2 N–H and O–H groups in total. The standard InChI is InChI=1S/C19H31ClN4O2.HI/c1-3-21-18(22-11-13-26-17-7-6-16(20)14-23-17)24-15-19(10-12-25-2)8-4-5-9-19;/h6-7,14H,3-5,8-13,15H2,1-2H3,(H2,21,22,24);1H. The molecule has 0 aliphatic heterocycles. The maximum atomic E-state index is 5.82. The van der Waals surface area contributed by atoms with Crippen LogP contribution in [0, 0.1) is 5.41 Å². The highest BCUT2D eigenvalue weighted by Crippen LogP contribution is 2.41. The van der Waals surface area contributed by atoms with Gasteiger partial charge in [-0.1, -0.05) is 24.4 Å². The fourth-order valence-corrected chi connectivity index (χ4v) is 3.40. The monoisotopic (exact) mass is 510 g/mol. The Hall–Kier alpha value is -0.800. The van der Waals surface area contributed by atoms with Crippen LogP contribution in [0.15, 0.2) is 23.3 Å². The van der Waals surface area contributed by atoms with E-state index in [2.05, 4.69) is 22.5 Å². The Bertz CT molecular complexity index is 551. The van der Waals surface area contributed by atoms with Gasteiger partial charge in [-0.2, -0.15) is 0 Å². The Morgan fingerprint density at radius 2 is 2.04 bits per heavy atom. The number of nitrogens with one attached hydrogen (secondary N) is 2. The topological polar surface area (TPSA) is 67.8 Å². The average molecular weight is 511 g/mol. The number of nitrogens with zero attached hydrogens (tertiary/aromatic N) is 2. The molecule has 0 amide bonds. The van der Waals surface area contributed by atoms with Gasteiger partial charge in [-0.15, -0.1) is 24.0 Å². The van der Waals surface area contributed by atoms with Crippen molar-refractivity contribution in [2.45, 2.75) is 39.0 Å². The van der Waals surface area contributed by atoms with Crippen molar-refractivity contribution < 1.29 is 9.47 Å². The number of aromatic nitrogens is 1. The van der Waals surface area contributed by atoms with Crippen LogP contribution in [0.25, 0.3) is 0 Å². The molecule has 0 saturated heterocycles. The van der Waals surface area contributed by atoms with Crippen LogP contribution >= 0.6 is 35.6 Å². The summed E-state index contributed by atoms with van der Waals surface area (Å²) in [5, 5.41) is 7.24. The molecule has 8 heteroatoms. The fraction of sp³-hybridized carbons (Fsp3) is 0.684. The van der Waals surface area contributed by atoms with Crippen LogP contribution in [-0.4, -0.2) is 50.9 Å². The third-order valence-corrected chi connectivity index (χ3v) is 4.99. The summed E-state index contributed by atoms with van der Waals surface area (Å²) in [5.74, 6) is 1.41. The largest absolute Gasteiger partial charge is 0.476 e. The zero-order valence-corrected chi connectivity index (χ0v) is 19.4. The first-order valence-electron chi connectivity index (χ1n) is 9.43. The number of halogens is 2. The van der Waals surface area contributed by atoms with Crippen LogP contribution in [0.1, 0.15) is 39.0 Å². The minimum atomic E-state index is 0. The van der Waals surface area contributed by atoms with E-state index in [0.29, 0.717) is 29.5 Å². The number of ether oxygens (including phenoxy) is 2. The first-order valence-corrected chi connectivity index (χ1v) is 9.81. The van der Waals surface area contributed by atoms with Gasteiger partial charge in [-0.25, -0.2) is 4.98 Å². The highest BCUT2D eigenvalue weighted by Gasteiger charge is 2.33. The van der Waals surface area contributed by atoms with E-state index >= 15 is 0 Å². The van der Waals surface area contributed by atoms with Gasteiger partial charge in [0.1, 0.15) is 6.61 Å². The Morgan fingerprint density at radius 3 is 2.67 bits per heavy atom. The third-order valence-electron chi connectivity index (χ3n) is 4.76. The minimum Gasteiger partial charge on any atom is -0.476 e. The van der Waals surface area contributed by atoms with Crippen LogP contribution in [-0.2, 0) is 4.74 Å². The van der Waals surface area contributed by atoms with E-state index < -0.39 is 0 Å². The molecule has 0 bridgehead atoms. The molecule has 1 aromatic rings. The van der Waals surface area contributed by atoms with Crippen molar-refractivity contribution in [3.8, 4) is 5.88 Å². The first-order chi connectivity index (χ1) is 12.7. The van der Waals surface area contributed by atoms with Gasteiger partial charge in [0.25, 0.3) is 0 Å². The van der Waals surface area contributed by atoms with Crippen molar-refractivity contribution in [3.63, 3.8) is 0 Å². The highest BCUT2D eigenvalue weighted by atomic mass is 127. The molecule has 0 radical (unpaired) electrons. The van der Waals surface area contributed by atoms with Gasteiger partial charge in [0.2, 0.25) is 5.88 Å². The minimum absolute atomic E-state index is 0. The van der Waals surface area contributed by atoms with E-state index in [1.54, 1.807) is 25.4 Å². The number of guanidine groups is 1. The van der Waals surface area contributed by atoms with Crippen molar-refractivity contribution in [2.24, 2.45) is 10.4 Å². The molecule has 154 valence electrons. The van der Waals surface area contributed by atoms with E-state index in [-0.39, 0.29) is 24.0 Å².